The Hall–Kier alpha value is -1.36. The highest BCUT2D eigenvalue weighted by molar-refractivity contribution is 7.18. The van der Waals surface area contributed by atoms with E-state index >= 15 is 0 Å². The molecule has 2 heterocycles. The number of aromatic nitrogens is 2. The lowest BCUT2D eigenvalue weighted by molar-refractivity contribution is 0.707. The van der Waals surface area contributed by atoms with Crippen LogP contribution in [0.2, 0.25) is 0 Å². The highest BCUT2D eigenvalue weighted by Crippen LogP contribution is 2.37. The van der Waals surface area contributed by atoms with Crippen LogP contribution in [0.4, 0.5) is 11.8 Å². The summed E-state index contributed by atoms with van der Waals surface area (Å²) in [5.74, 6) is 1.90. The van der Waals surface area contributed by atoms with Gasteiger partial charge in [0.15, 0.2) is 0 Å². The summed E-state index contributed by atoms with van der Waals surface area (Å²) < 4.78 is 0. The van der Waals surface area contributed by atoms with E-state index in [1.807, 2.05) is 0 Å². The van der Waals surface area contributed by atoms with Crippen molar-refractivity contribution in [1.29, 1.82) is 0 Å². The number of aryl methyl sites for hydroxylation is 1. The van der Waals surface area contributed by atoms with Crippen molar-refractivity contribution in [2.75, 3.05) is 23.3 Å². The average Bonchev–Trinajstić information content (AvgIpc) is 3.21. The number of unbranched alkanes of at least 4 members (excludes halogenated alkanes) is 1. The van der Waals surface area contributed by atoms with E-state index in [2.05, 4.69) is 42.0 Å². The Morgan fingerprint density at radius 2 is 2.14 bits per heavy atom. The first-order chi connectivity index (χ1) is 10.2. The molecule has 3 rings (SSSR count). The number of nitrogens with zero attached hydrogens (tertiary/aromatic N) is 3. The molecule has 0 spiro atoms. The maximum absolute atomic E-state index is 4.83. The van der Waals surface area contributed by atoms with E-state index in [1.54, 1.807) is 11.3 Å². The minimum absolute atomic E-state index is 0.685. The van der Waals surface area contributed by atoms with Crippen LogP contribution in [0.15, 0.2) is 6.07 Å². The lowest BCUT2D eigenvalue weighted by Crippen LogP contribution is -2.28. The predicted octanol–water partition coefficient (Wildman–Crippen LogP) is 4.20. The Labute approximate surface area is 130 Å². The fourth-order valence-corrected chi connectivity index (χ4v) is 3.53. The first-order valence-corrected chi connectivity index (χ1v) is 8.83. The van der Waals surface area contributed by atoms with Gasteiger partial charge in [0.1, 0.15) is 10.6 Å². The number of nitrogens with one attached hydrogen (secondary N) is 1. The minimum Gasteiger partial charge on any atom is -0.354 e. The van der Waals surface area contributed by atoms with Crippen molar-refractivity contribution in [3.8, 4) is 0 Å². The highest BCUT2D eigenvalue weighted by Gasteiger charge is 2.31. The van der Waals surface area contributed by atoms with Gasteiger partial charge in [0.2, 0.25) is 5.95 Å². The Morgan fingerprint density at radius 3 is 2.81 bits per heavy atom. The summed E-state index contributed by atoms with van der Waals surface area (Å²) in [7, 11) is 0. The van der Waals surface area contributed by atoms with Gasteiger partial charge in [-0.15, -0.1) is 11.3 Å². The quantitative estimate of drug-likeness (QED) is 0.832. The SMILES string of the molecule is CCCCN(c1nc(NCC)nc2sc(C)cc12)C1CC1. The van der Waals surface area contributed by atoms with Gasteiger partial charge in [-0.2, -0.15) is 4.98 Å². The van der Waals surface area contributed by atoms with Crippen LogP contribution in [0.5, 0.6) is 0 Å². The van der Waals surface area contributed by atoms with Crippen molar-refractivity contribution in [2.45, 2.75) is 52.5 Å². The van der Waals surface area contributed by atoms with Crippen molar-refractivity contribution < 1.29 is 0 Å². The molecule has 1 aliphatic rings. The van der Waals surface area contributed by atoms with Gasteiger partial charge in [-0.1, -0.05) is 13.3 Å². The molecule has 0 radical (unpaired) electrons. The fraction of sp³-hybridized carbons (Fsp3) is 0.625. The molecule has 2 aromatic heterocycles. The number of thiophene rings is 1. The van der Waals surface area contributed by atoms with Gasteiger partial charge in [0, 0.05) is 24.0 Å². The third kappa shape index (κ3) is 3.12. The molecule has 5 heteroatoms. The lowest BCUT2D eigenvalue weighted by atomic mass is 10.2. The van der Waals surface area contributed by atoms with Crippen molar-refractivity contribution in [3.63, 3.8) is 0 Å². The monoisotopic (exact) mass is 304 g/mol. The maximum Gasteiger partial charge on any atom is 0.226 e. The summed E-state index contributed by atoms with van der Waals surface area (Å²) in [6, 6.07) is 2.93. The summed E-state index contributed by atoms with van der Waals surface area (Å²) in [5, 5.41) is 4.50. The number of rotatable bonds is 7. The molecule has 1 saturated carbocycles. The van der Waals surface area contributed by atoms with Gasteiger partial charge >= 0.3 is 0 Å². The zero-order valence-electron chi connectivity index (χ0n) is 13.1. The normalized spacial score (nSPS) is 14.6. The molecule has 0 unspecified atom stereocenters. The van der Waals surface area contributed by atoms with Crippen LogP contribution >= 0.6 is 11.3 Å². The second-order valence-corrected chi connectivity index (χ2v) is 6.99. The first kappa shape index (κ1) is 14.6. The number of fused-ring (bicyclic) bond motifs is 1. The molecule has 0 bridgehead atoms. The molecule has 1 fully saturated rings. The zero-order valence-corrected chi connectivity index (χ0v) is 14.0. The minimum atomic E-state index is 0.685. The van der Waals surface area contributed by atoms with Gasteiger partial charge in [0.05, 0.1) is 5.39 Å². The fourth-order valence-electron chi connectivity index (χ4n) is 2.66. The molecular formula is C16H24N4S. The molecule has 0 aromatic carbocycles. The molecule has 4 nitrogen and oxygen atoms in total. The zero-order chi connectivity index (χ0) is 14.8. The summed E-state index contributed by atoms with van der Waals surface area (Å²) >= 11 is 1.76. The smallest absolute Gasteiger partial charge is 0.226 e. The van der Waals surface area contributed by atoms with E-state index in [1.165, 1.54) is 35.9 Å². The molecule has 0 aliphatic heterocycles. The van der Waals surface area contributed by atoms with Crippen molar-refractivity contribution in [3.05, 3.63) is 10.9 Å². The van der Waals surface area contributed by atoms with Crippen molar-refractivity contribution >= 4 is 33.3 Å². The molecule has 0 saturated heterocycles. The van der Waals surface area contributed by atoms with E-state index in [-0.39, 0.29) is 0 Å². The topological polar surface area (TPSA) is 41.1 Å². The van der Waals surface area contributed by atoms with Crippen LogP contribution in [0.3, 0.4) is 0 Å². The van der Waals surface area contributed by atoms with Crippen molar-refractivity contribution in [1.82, 2.24) is 9.97 Å². The Morgan fingerprint density at radius 1 is 1.33 bits per heavy atom. The van der Waals surface area contributed by atoms with Gasteiger partial charge in [0.25, 0.3) is 0 Å². The number of hydrogen-bond acceptors (Lipinski definition) is 5. The summed E-state index contributed by atoms with van der Waals surface area (Å²) in [4.78, 5) is 14.4. The van der Waals surface area contributed by atoms with Crippen LogP contribution in [0.1, 0.15) is 44.4 Å². The molecule has 1 N–H and O–H groups in total. The standard InChI is InChI=1S/C16H24N4S/c1-4-6-9-20(12-7-8-12)14-13-10-11(3)21-15(13)19-16(18-14)17-5-2/h10,12H,4-9H2,1-3H3,(H,17,18,19). The van der Waals surface area contributed by atoms with E-state index < -0.39 is 0 Å². The summed E-state index contributed by atoms with van der Waals surface area (Å²) in [6.45, 7) is 8.44. The summed E-state index contributed by atoms with van der Waals surface area (Å²) in [6.07, 6.45) is 5.05. The van der Waals surface area contributed by atoms with Gasteiger partial charge in [-0.3, -0.25) is 0 Å². The molecule has 1 aliphatic carbocycles. The predicted molar refractivity (Wildman–Crippen MR) is 91.6 cm³/mol. The molecular weight excluding hydrogens is 280 g/mol. The highest BCUT2D eigenvalue weighted by atomic mass is 32.1. The van der Waals surface area contributed by atoms with Crippen LogP contribution in [-0.4, -0.2) is 29.1 Å². The molecule has 114 valence electrons. The third-order valence-corrected chi connectivity index (χ3v) is 4.79. The second kappa shape index (κ2) is 6.18. The van der Waals surface area contributed by atoms with Crippen LogP contribution < -0.4 is 10.2 Å². The Balaban J connectivity index is 2.04. The molecule has 21 heavy (non-hydrogen) atoms. The van der Waals surface area contributed by atoms with Gasteiger partial charge in [-0.05, 0) is 39.2 Å². The Bertz CT molecular complexity index is 618. The van der Waals surface area contributed by atoms with E-state index in [9.17, 15) is 0 Å². The first-order valence-electron chi connectivity index (χ1n) is 8.01. The largest absolute Gasteiger partial charge is 0.354 e. The molecule has 2 aromatic rings. The second-order valence-electron chi connectivity index (χ2n) is 5.76. The van der Waals surface area contributed by atoms with Gasteiger partial charge < -0.3 is 10.2 Å². The third-order valence-electron chi connectivity index (χ3n) is 3.84. The number of hydrogen-bond donors (Lipinski definition) is 1. The number of anilines is 2. The maximum atomic E-state index is 4.83. The van der Waals surface area contributed by atoms with Crippen LogP contribution in [0.25, 0.3) is 10.2 Å². The van der Waals surface area contributed by atoms with Gasteiger partial charge in [-0.25, -0.2) is 4.98 Å². The summed E-state index contributed by atoms with van der Waals surface area (Å²) in [5.41, 5.74) is 0. The van der Waals surface area contributed by atoms with E-state index in [4.69, 9.17) is 4.98 Å². The molecule has 0 atom stereocenters. The average molecular weight is 304 g/mol. The Kier molecular flexibility index (Phi) is 4.29. The van der Waals surface area contributed by atoms with E-state index in [0.717, 1.165) is 29.7 Å². The molecule has 0 amide bonds. The van der Waals surface area contributed by atoms with Crippen LogP contribution in [-0.2, 0) is 0 Å². The lowest BCUT2D eigenvalue weighted by Gasteiger charge is -2.24. The van der Waals surface area contributed by atoms with Crippen LogP contribution in [0, 0.1) is 6.92 Å². The van der Waals surface area contributed by atoms with E-state index in [0.29, 0.717) is 6.04 Å². The van der Waals surface area contributed by atoms with Crippen molar-refractivity contribution in [2.24, 2.45) is 0 Å².